The van der Waals surface area contributed by atoms with Gasteiger partial charge >= 0.3 is 0 Å². The van der Waals surface area contributed by atoms with Gasteiger partial charge in [0.25, 0.3) is 0 Å². The lowest BCUT2D eigenvalue weighted by atomic mass is 10.1. The van der Waals surface area contributed by atoms with Crippen molar-refractivity contribution in [3.8, 4) is 0 Å². The van der Waals surface area contributed by atoms with Gasteiger partial charge in [0.05, 0.1) is 10.6 Å². The van der Waals surface area contributed by atoms with Crippen molar-refractivity contribution in [3.05, 3.63) is 35.2 Å². The van der Waals surface area contributed by atoms with Crippen molar-refractivity contribution in [1.82, 2.24) is 9.78 Å². The standard InChI is InChI=1S/C13H19N5O2S/c1-8-12(4-11(14)5-13(8)21(15,19)20)16-6-10-7-18(3)17-9(10)2/h4-5,7,16H,6,14H2,1-3H3,(H2,15,19,20). The molecule has 0 saturated carbocycles. The van der Waals surface area contributed by atoms with Gasteiger partial charge in [-0.3, -0.25) is 4.68 Å². The van der Waals surface area contributed by atoms with E-state index in [4.69, 9.17) is 10.9 Å². The molecule has 0 amide bonds. The molecule has 114 valence electrons. The van der Waals surface area contributed by atoms with Gasteiger partial charge in [-0.2, -0.15) is 5.10 Å². The number of nitrogen functional groups attached to an aromatic ring is 1. The Labute approximate surface area is 124 Å². The minimum atomic E-state index is -3.80. The van der Waals surface area contributed by atoms with Crippen LogP contribution in [-0.2, 0) is 23.6 Å². The Morgan fingerprint density at radius 2 is 2.00 bits per heavy atom. The molecule has 0 unspecified atom stereocenters. The van der Waals surface area contributed by atoms with Crippen LogP contribution in [0.25, 0.3) is 0 Å². The van der Waals surface area contributed by atoms with E-state index in [1.807, 2.05) is 20.2 Å². The van der Waals surface area contributed by atoms with Gasteiger partial charge in [0.2, 0.25) is 10.0 Å². The number of benzene rings is 1. The molecule has 7 nitrogen and oxygen atoms in total. The second kappa shape index (κ2) is 5.38. The van der Waals surface area contributed by atoms with Gasteiger partial charge in [-0.05, 0) is 31.5 Å². The summed E-state index contributed by atoms with van der Waals surface area (Å²) < 4.78 is 24.9. The molecule has 2 aromatic rings. The second-order valence-corrected chi connectivity index (χ2v) is 6.53. The predicted molar refractivity (Wildman–Crippen MR) is 82.2 cm³/mol. The van der Waals surface area contributed by atoms with Crippen LogP contribution >= 0.6 is 0 Å². The van der Waals surface area contributed by atoms with Crippen LogP contribution in [0.15, 0.2) is 23.2 Å². The van der Waals surface area contributed by atoms with Gasteiger partial charge in [-0.15, -0.1) is 0 Å². The van der Waals surface area contributed by atoms with Crippen molar-refractivity contribution in [3.63, 3.8) is 0 Å². The Morgan fingerprint density at radius 1 is 1.33 bits per heavy atom. The fourth-order valence-electron chi connectivity index (χ4n) is 2.20. The average molecular weight is 309 g/mol. The van der Waals surface area contributed by atoms with E-state index >= 15 is 0 Å². The molecule has 1 heterocycles. The molecule has 0 atom stereocenters. The van der Waals surface area contributed by atoms with Crippen LogP contribution < -0.4 is 16.2 Å². The van der Waals surface area contributed by atoms with Crippen LogP contribution in [0.4, 0.5) is 11.4 Å². The lowest BCUT2D eigenvalue weighted by Gasteiger charge is -2.13. The van der Waals surface area contributed by atoms with E-state index in [9.17, 15) is 8.42 Å². The van der Waals surface area contributed by atoms with Crippen LogP contribution in [0.1, 0.15) is 16.8 Å². The Balaban J connectivity index is 2.33. The molecule has 0 spiro atoms. The number of aryl methyl sites for hydroxylation is 2. The van der Waals surface area contributed by atoms with Gasteiger partial charge in [0.15, 0.2) is 0 Å². The first-order valence-electron chi connectivity index (χ1n) is 6.34. The number of hydrogen-bond donors (Lipinski definition) is 3. The van der Waals surface area contributed by atoms with Gasteiger partial charge in [0.1, 0.15) is 0 Å². The van der Waals surface area contributed by atoms with Gasteiger partial charge in [0, 0.05) is 36.7 Å². The van der Waals surface area contributed by atoms with Gasteiger partial charge in [-0.25, -0.2) is 13.6 Å². The summed E-state index contributed by atoms with van der Waals surface area (Å²) >= 11 is 0. The summed E-state index contributed by atoms with van der Waals surface area (Å²) in [5.41, 5.74) is 9.22. The van der Waals surface area contributed by atoms with Crippen molar-refractivity contribution in [2.24, 2.45) is 12.2 Å². The minimum Gasteiger partial charge on any atom is -0.399 e. The third-order valence-electron chi connectivity index (χ3n) is 3.27. The zero-order valence-corrected chi connectivity index (χ0v) is 13.0. The Hall–Kier alpha value is -2.06. The third-order valence-corrected chi connectivity index (χ3v) is 4.31. The van der Waals surface area contributed by atoms with Crippen molar-refractivity contribution in [2.75, 3.05) is 11.1 Å². The molecule has 0 fully saturated rings. The van der Waals surface area contributed by atoms with Crippen LogP contribution in [0.2, 0.25) is 0 Å². The number of anilines is 2. The normalized spacial score (nSPS) is 11.6. The van der Waals surface area contributed by atoms with E-state index in [2.05, 4.69) is 10.4 Å². The largest absolute Gasteiger partial charge is 0.399 e. The molecular weight excluding hydrogens is 290 g/mol. The van der Waals surface area contributed by atoms with E-state index < -0.39 is 10.0 Å². The smallest absolute Gasteiger partial charge is 0.238 e. The van der Waals surface area contributed by atoms with Crippen LogP contribution in [0, 0.1) is 13.8 Å². The van der Waals surface area contributed by atoms with E-state index in [0.717, 1.165) is 11.3 Å². The molecule has 0 aliphatic heterocycles. The summed E-state index contributed by atoms with van der Waals surface area (Å²) in [6, 6.07) is 3.06. The molecular formula is C13H19N5O2S. The molecule has 1 aromatic carbocycles. The molecule has 8 heteroatoms. The molecule has 0 bridgehead atoms. The maximum Gasteiger partial charge on any atom is 0.238 e. The van der Waals surface area contributed by atoms with Crippen molar-refractivity contribution >= 4 is 21.4 Å². The maximum absolute atomic E-state index is 11.6. The third kappa shape index (κ3) is 3.34. The highest BCUT2D eigenvalue weighted by molar-refractivity contribution is 7.89. The summed E-state index contributed by atoms with van der Waals surface area (Å²) in [6.45, 7) is 4.13. The van der Waals surface area contributed by atoms with E-state index in [1.165, 1.54) is 6.07 Å². The van der Waals surface area contributed by atoms with Gasteiger partial charge in [-0.1, -0.05) is 0 Å². The number of rotatable bonds is 4. The lowest BCUT2D eigenvalue weighted by molar-refractivity contribution is 0.597. The Bertz CT molecular complexity index is 780. The first-order chi connectivity index (χ1) is 9.68. The van der Waals surface area contributed by atoms with Crippen molar-refractivity contribution < 1.29 is 8.42 Å². The number of hydrogen-bond acceptors (Lipinski definition) is 5. The predicted octanol–water partition coefficient (Wildman–Crippen LogP) is 0.879. The molecule has 0 aliphatic rings. The zero-order valence-electron chi connectivity index (χ0n) is 12.2. The quantitative estimate of drug-likeness (QED) is 0.725. The highest BCUT2D eigenvalue weighted by Gasteiger charge is 2.15. The SMILES string of the molecule is Cc1nn(C)cc1CNc1cc(N)cc(S(N)(=O)=O)c1C. The molecule has 2 rings (SSSR count). The molecule has 5 N–H and O–H groups in total. The first kappa shape index (κ1) is 15.3. The summed E-state index contributed by atoms with van der Waals surface area (Å²) in [5, 5.41) is 12.6. The Morgan fingerprint density at radius 3 is 2.52 bits per heavy atom. The molecule has 0 radical (unpaired) electrons. The summed E-state index contributed by atoms with van der Waals surface area (Å²) in [4.78, 5) is 0.0351. The highest BCUT2D eigenvalue weighted by atomic mass is 32.2. The average Bonchev–Trinajstić information content (AvgIpc) is 2.67. The molecule has 21 heavy (non-hydrogen) atoms. The summed E-state index contributed by atoms with van der Waals surface area (Å²) in [6.07, 6.45) is 1.91. The van der Waals surface area contributed by atoms with E-state index in [0.29, 0.717) is 23.5 Å². The maximum atomic E-state index is 11.6. The van der Waals surface area contributed by atoms with E-state index in [1.54, 1.807) is 17.7 Å². The fourth-order valence-corrected chi connectivity index (χ4v) is 3.04. The number of sulfonamides is 1. The zero-order chi connectivity index (χ0) is 15.8. The van der Waals surface area contributed by atoms with Crippen molar-refractivity contribution in [2.45, 2.75) is 25.3 Å². The van der Waals surface area contributed by atoms with Crippen LogP contribution in [0.3, 0.4) is 0 Å². The van der Waals surface area contributed by atoms with E-state index in [-0.39, 0.29) is 4.90 Å². The molecule has 1 aromatic heterocycles. The Kier molecular flexibility index (Phi) is 3.93. The number of primary sulfonamides is 1. The first-order valence-corrected chi connectivity index (χ1v) is 7.89. The van der Waals surface area contributed by atoms with Crippen LogP contribution in [-0.4, -0.2) is 18.2 Å². The number of nitrogens with one attached hydrogen (secondary N) is 1. The highest BCUT2D eigenvalue weighted by Crippen LogP contribution is 2.26. The number of nitrogens with zero attached hydrogens (tertiary/aromatic N) is 2. The summed E-state index contributed by atoms with van der Waals surface area (Å²) in [5.74, 6) is 0. The van der Waals surface area contributed by atoms with Gasteiger partial charge < -0.3 is 11.1 Å². The second-order valence-electron chi connectivity index (χ2n) is 5.00. The molecule has 0 aliphatic carbocycles. The van der Waals surface area contributed by atoms with Crippen LogP contribution in [0.5, 0.6) is 0 Å². The van der Waals surface area contributed by atoms with Crippen molar-refractivity contribution in [1.29, 1.82) is 0 Å². The summed E-state index contributed by atoms with van der Waals surface area (Å²) in [7, 11) is -1.95. The fraction of sp³-hybridized carbons (Fsp3) is 0.308. The lowest BCUT2D eigenvalue weighted by Crippen LogP contribution is -2.15. The monoisotopic (exact) mass is 309 g/mol. The molecule has 0 saturated heterocycles. The number of nitrogens with two attached hydrogens (primary N) is 2. The number of aromatic nitrogens is 2. The minimum absolute atomic E-state index is 0.0351. The topological polar surface area (TPSA) is 116 Å².